The van der Waals surface area contributed by atoms with Crippen molar-refractivity contribution in [1.29, 1.82) is 0 Å². The Kier molecular flexibility index (Phi) is 4.90. The number of halogens is 1. The van der Waals surface area contributed by atoms with E-state index in [1.807, 2.05) is 39.8 Å². The second-order valence-electron chi connectivity index (χ2n) is 6.32. The van der Waals surface area contributed by atoms with Gasteiger partial charge in [0.05, 0.1) is 5.69 Å². The van der Waals surface area contributed by atoms with Crippen molar-refractivity contribution in [2.24, 2.45) is 5.41 Å². The summed E-state index contributed by atoms with van der Waals surface area (Å²) in [5.41, 5.74) is 8.05. The molecule has 2 rings (SSSR count). The fourth-order valence-corrected chi connectivity index (χ4v) is 2.18. The molecule has 0 aliphatic rings. The first-order valence-corrected chi connectivity index (χ1v) is 7.84. The number of rotatable bonds is 3. The van der Waals surface area contributed by atoms with Crippen molar-refractivity contribution in [3.05, 3.63) is 35.0 Å². The van der Waals surface area contributed by atoms with Crippen molar-refractivity contribution in [2.75, 3.05) is 11.1 Å². The molecule has 5 nitrogen and oxygen atoms in total. The number of nitrogen functional groups attached to an aromatic ring is 1. The molecule has 0 aliphatic carbocycles. The molecule has 1 heterocycles. The monoisotopic (exact) mass is 332 g/mol. The molecular formula is C17H21ClN4O. The predicted molar refractivity (Wildman–Crippen MR) is 94.4 cm³/mol. The Balaban J connectivity index is 2.43. The van der Waals surface area contributed by atoms with Crippen molar-refractivity contribution in [2.45, 2.75) is 34.1 Å². The Morgan fingerprint density at radius 2 is 1.83 bits per heavy atom. The maximum absolute atomic E-state index is 12.1. The summed E-state index contributed by atoms with van der Waals surface area (Å²) < 4.78 is 0. The van der Waals surface area contributed by atoms with Crippen molar-refractivity contribution in [3.63, 3.8) is 0 Å². The lowest BCUT2D eigenvalue weighted by Crippen LogP contribution is -2.28. The van der Waals surface area contributed by atoms with E-state index in [0.29, 0.717) is 17.3 Å². The van der Waals surface area contributed by atoms with E-state index in [0.717, 1.165) is 16.8 Å². The number of carbonyl (C=O) groups excluding carboxylic acids is 1. The van der Waals surface area contributed by atoms with Crippen LogP contribution in [0, 0.1) is 5.41 Å². The van der Waals surface area contributed by atoms with Crippen LogP contribution in [0.1, 0.15) is 33.4 Å². The number of aryl methyl sites for hydroxylation is 1. The number of carbonyl (C=O) groups is 1. The van der Waals surface area contributed by atoms with Gasteiger partial charge in [-0.25, -0.2) is 4.98 Å². The van der Waals surface area contributed by atoms with E-state index in [4.69, 9.17) is 17.3 Å². The number of benzene rings is 1. The maximum Gasteiger partial charge on any atom is 0.232 e. The summed E-state index contributed by atoms with van der Waals surface area (Å²) in [5.74, 6) is 0.415. The SMILES string of the molecule is CCc1nc(NC(=O)C(C)(C)C)nc(N)c1-c1ccc(Cl)cc1. The molecule has 0 bridgehead atoms. The van der Waals surface area contributed by atoms with E-state index >= 15 is 0 Å². The Morgan fingerprint density at radius 3 is 2.35 bits per heavy atom. The van der Waals surface area contributed by atoms with Crippen molar-refractivity contribution in [1.82, 2.24) is 9.97 Å². The lowest BCUT2D eigenvalue weighted by atomic mass is 9.96. The molecule has 1 aromatic heterocycles. The topological polar surface area (TPSA) is 80.9 Å². The van der Waals surface area contributed by atoms with E-state index in [2.05, 4.69) is 15.3 Å². The normalized spacial score (nSPS) is 11.3. The minimum atomic E-state index is -0.528. The maximum atomic E-state index is 12.1. The molecule has 2 aromatic rings. The molecule has 1 aromatic carbocycles. The average Bonchev–Trinajstić information content (AvgIpc) is 2.47. The zero-order chi connectivity index (χ0) is 17.2. The van der Waals surface area contributed by atoms with Crippen LogP contribution >= 0.6 is 11.6 Å². The van der Waals surface area contributed by atoms with Gasteiger partial charge in [0.15, 0.2) is 0 Å². The van der Waals surface area contributed by atoms with Crippen LogP contribution in [-0.4, -0.2) is 15.9 Å². The van der Waals surface area contributed by atoms with E-state index in [1.165, 1.54) is 0 Å². The van der Waals surface area contributed by atoms with E-state index in [9.17, 15) is 4.79 Å². The quantitative estimate of drug-likeness (QED) is 0.892. The molecule has 0 unspecified atom stereocenters. The summed E-state index contributed by atoms with van der Waals surface area (Å²) in [4.78, 5) is 20.8. The number of nitrogens with two attached hydrogens (primary N) is 1. The molecule has 3 N–H and O–H groups in total. The Bertz CT molecular complexity index is 721. The van der Waals surface area contributed by atoms with Gasteiger partial charge in [-0.2, -0.15) is 4.98 Å². The molecule has 0 aliphatic heterocycles. The zero-order valence-electron chi connectivity index (χ0n) is 13.8. The zero-order valence-corrected chi connectivity index (χ0v) is 14.5. The summed E-state index contributed by atoms with van der Waals surface area (Å²) in [6, 6.07) is 7.35. The molecule has 0 fully saturated rings. The second kappa shape index (κ2) is 6.54. The predicted octanol–water partition coefficient (Wildman–Crippen LogP) is 3.93. The van der Waals surface area contributed by atoms with E-state index < -0.39 is 5.41 Å². The van der Waals surface area contributed by atoms with Crippen molar-refractivity contribution >= 4 is 29.3 Å². The summed E-state index contributed by atoms with van der Waals surface area (Å²) in [6.07, 6.45) is 0.670. The third kappa shape index (κ3) is 3.99. The lowest BCUT2D eigenvalue weighted by Gasteiger charge is -2.18. The van der Waals surface area contributed by atoms with Crippen LogP contribution in [0.4, 0.5) is 11.8 Å². The fourth-order valence-electron chi connectivity index (χ4n) is 2.06. The highest BCUT2D eigenvalue weighted by Gasteiger charge is 2.23. The van der Waals surface area contributed by atoms with E-state index in [-0.39, 0.29) is 11.9 Å². The number of hydrogen-bond donors (Lipinski definition) is 2. The molecule has 0 saturated heterocycles. The number of nitrogens with zero attached hydrogens (tertiary/aromatic N) is 2. The highest BCUT2D eigenvalue weighted by molar-refractivity contribution is 6.30. The Hall–Kier alpha value is -2.14. The van der Waals surface area contributed by atoms with Crippen LogP contribution < -0.4 is 11.1 Å². The number of anilines is 2. The van der Waals surface area contributed by atoms with Crippen LogP contribution in [0.25, 0.3) is 11.1 Å². The number of aromatic nitrogens is 2. The van der Waals surface area contributed by atoms with Gasteiger partial charge in [0.1, 0.15) is 5.82 Å². The Labute approximate surface area is 141 Å². The minimum absolute atomic E-state index is 0.154. The highest BCUT2D eigenvalue weighted by atomic mass is 35.5. The standard InChI is InChI=1S/C17H21ClN4O/c1-5-12-13(10-6-8-11(18)9-7-10)14(19)21-16(20-12)22-15(23)17(2,3)4/h6-9H,5H2,1-4H3,(H3,19,20,21,22,23). The Morgan fingerprint density at radius 1 is 1.22 bits per heavy atom. The number of amides is 1. The van der Waals surface area contributed by atoms with Crippen LogP contribution in [-0.2, 0) is 11.2 Å². The first kappa shape index (κ1) is 17.2. The van der Waals surface area contributed by atoms with Gasteiger partial charge < -0.3 is 5.73 Å². The van der Waals surface area contributed by atoms with Gasteiger partial charge >= 0.3 is 0 Å². The smallest absolute Gasteiger partial charge is 0.232 e. The average molecular weight is 333 g/mol. The first-order valence-electron chi connectivity index (χ1n) is 7.46. The summed E-state index contributed by atoms with van der Waals surface area (Å²) in [6.45, 7) is 7.47. The summed E-state index contributed by atoms with van der Waals surface area (Å²) in [5, 5.41) is 3.38. The van der Waals surface area contributed by atoms with Gasteiger partial charge in [-0.05, 0) is 24.1 Å². The molecule has 23 heavy (non-hydrogen) atoms. The van der Waals surface area contributed by atoms with Crippen LogP contribution in [0.3, 0.4) is 0 Å². The summed E-state index contributed by atoms with van der Waals surface area (Å²) >= 11 is 5.93. The van der Waals surface area contributed by atoms with Gasteiger partial charge in [-0.15, -0.1) is 0 Å². The first-order chi connectivity index (χ1) is 10.7. The third-order valence-electron chi connectivity index (χ3n) is 3.39. The van der Waals surface area contributed by atoms with E-state index in [1.54, 1.807) is 12.1 Å². The van der Waals surface area contributed by atoms with Gasteiger partial charge in [-0.3, -0.25) is 10.1 Å². The number of hydrogen-bond acceptors (Lipinski definition) is 4. The molecule has 122 valence electrons. The minimum Gasteiger partial charge on any atom is -0.383 e. The van der Waals surface area contributed by atoms with Crippen LogP contribution in [0.2, 0.25) is 5.02 Å². The molecule has 0 spiro atoms. The van der Waals surface area contributed by atoms with Crippen molar-refractivity contribution < 1.29 is 4.79 Å². The van der Waals surface area contributed by atoms with Gasteiger partial charge in [0, 0.05) is 16.0 Å². The second-order valence-corrected chi connectivity index (χ2v) is 6.76. The number of nitrogens with one attached hydrogen (secondary N) is 1. The molecule has 0 radical (unpaired) electrons. The highest BCUT2D eigenvalue weighted by Crippen LogP contribution is 2.30. The third-order valence-corrected chi connectivity index (χ3v) is 3.64. The molecular weight excluding hydrogens is 312 g/mol. The van der Waals surface area contributed by atoms with Gasteiger partial charge in [0.2, 0.25) is 11.9 Å². The fraction of sp³-hybridized carbons (Fsp3) is 0.353. The van der Waals surface area contributed by atoms with Crippen molar-refractivity contribution in [3.8, 4) is 11.1 Å². The largest absolute Gasteiger partial charge is 0.383 e. The van der Waals surface area contributed by atoms with Gasteiger partial charge in [-0.1, -0.05) is 51.4 Å². The summed E-state index contributed by atoms with van der Waals surface area (Å²) in [7, 11) is 0. The van der Waals surface area contributed by atoms with Crippen LogP contribution in [0.15, 0.2) is 24.3 Å². The molecule has 6 heteroatoms. The molecule has 1 amide bonds. The molecule has 0 saturated carbocycles. The molecule has 0 atom stereocenters. The van der Waals surface area contributed by atoms with Crippen LogP contribution in [0.5, 0.6) is 0 Å². The lowest BCUT2D eigenvalue weighted by molar-refractivity contribution is -0.123. The van der Waals surface area contributed by atoms with Gasteiger partial charge in [0.25, 0.3) is 0 Å².